The second-order valence-electron chi connectivity index (χ2n) is 6.37. The van der Waals surface area contributed by atoms with Gasteiger partial charge in [-0.3, -0.25) is 9.36 Å². The summed E-state index contributed by atoms with van der Waals surface area (Å²) in [6.07, 6.45) is 3.44. The van der Waals surface area contributed by atoms with Crippen LogP contribution in [0, 0.1) is 0 Å². The third-order valence-electron chi connectivity index (χ3n) is 4.61. The fourth-order valence-corrected chi connectivity index (χ4v) is 5.09. The van der Waals surface area contributed by atoms with Gasteiger partial charge in [-0.2, -0.15) is 4.31 Å². The molecule has 3 aromatic rings. The lowest BCUT2D eigenvalue weighted by Gasteiger charge is -2.18. The lowest BCUT2D eigenvalue weighted by Crippen LogP contribution is -2.30. The molecule has 1 N–H and O–H groups in total. The highest BCUT2D eigenvalue weighted by Gasteiger charge is 2.22. The number of carbonyl (C=O) groups excluding carboxylic acids is 1. The second kappa shape index (κ2) is 9.46. The molecule has 158 valence electrons. The van der Waals surface area contributed by atoms with Gasteiger partial charge in [0.15, 0.2) is 5.16 Å². The van der Waals surface area contributed by atoms with Crippen molar-refractivity contribution in [2.45, 2.75) is 23.9 Å². The molecular weight excluding hydrogens is 420 g/mol. The number of imidazole rings is 1. The maximum atomic E-state index is 12.9. The summed E-state index contributed by atoms with van der Waals surface area (Å²) in [4.78, 5) is 17.4. The fraction of sp³-hybridized carbons (Fsp3) is 0.238. The van der Waals surface area contributed by atoms with Crippen molar-refractivity contribution in [3.05, 3.63) is 66.5 Å². The molecule has 7 nitrogen and oxygen atoms in total. The van der Waals surface area contributed by atoms with Crippen LogP contribution >= 0.6 is 11.8 Å². The number of hydrogen-bond acceptors (Lipinski definition) is 5. The van der Waals surface area contributed by atoms with Crippen LogP contribution in [0.3, 0.4) is 0 Å². The molecule has 0 aliphatic carbocycles. The summed E-state index contributed by atoms with van der Waals surface area (Å²) in [5, 5.41) is 3.53. The number of thioether (sulfide) groups is 1. The van der Waals surface area contributed by atoms with Gasteiger partial charge >= 0.3 is 0 Å². The molecule has 9 heteroatoms. The number of benzene rings is 2. The van der Waals surface area contributed by atoms with Crippen molar-refractivity contribution >= 4 is 33.4 Å². The monoisotopic (exact) mass is 444 g/mol. The lowest BCUT2D eigenvalue weighted by atomic mass is 10.3. The predicted octanol–water partition coefficient (Wildman–Crippen LogP) is 3.88. The molecule has 0 aliphatic heterocycles. The van der Waals surface area contributed by atoms with Gasteiger partial charge in [0.1, 0.15) is 5.69 Å². The Balaban J connectivity index is 1.85. The highest BCUT2D eigenvalue weighted by Crippen LogP contribution is 2.23. The molecule has 0 unspecified atom stereocenters. The first kappa shape index (κ1) is 22.1. The molecule has 1 amide bonds. The van der Waals surface area contributed by atoms with Crippen molar-refractivity contribution in [1.82, 2.24) is 13.9 Å². The Labute approximate surface area is 181 Å². The van der Waals surface area contributed by atoms with E-state index >= 15 is 0 Å². The highest BCUT2D eigenvalue weighted by molar-refractivity contribution is 7.98. The Morgan fingerprint density at radius 1 is 1.07 bits per heavy atom. The van der Waals surface area contributed by atoms with Crippen molar-refractivity contribution in [1.29, 1.82) is 0 Å². The Kier molecular flexibility index (Phi) is 6.96. The molecule has 0 fully saturated rings. The van der Waals surface area contributed by atoms with Crippen LogP contribution < -0.4 is 5.32 Å². The van der Waals surface area contributed by atoms with Crippen molar-refractivity contribution in [2.75, 3.05) is 24.7 Å². The van der Waals surface area contributed by atoms with Gasteiger partial charge in [0.2, 0.25) is 10.0 Å². The third kappa shape index (κ3) is 4.43. The number of sulfonamides is 1. The standard InChI is InChI=1S/C21H24N4O3S2/c1-4-24(5-2)30(27,28)18-13-11-16(12-14-18)23-20(26)19-15-22-21(29-3)25(19)17-9-7-6-8-10-17/h6-15H,4-5H2,1-3H3,(H,23,26). The van der Waals surface area contributed by atoms with E-state index in [0.717, 1.165) is 5.69 Å². The minimum Gasteiger partial charge on any atom is -0.321 e. The normalized spacial score (nSPS) is 11.6. The molecule has 1 aromatic heterocycles. The molecule has 0 saturated carbocycles. The molecule has 0 bridgehead atoms. The van der Waals surface area contributed by atoms with Gasteiger partial charge < -0.3 is 5.32 Å². The van der Waals surface area contributed by atoms with Crippen molar-refractivity contribution in [2.24, 2.45) is 0 Å². The van der Waals surface area contributed by atoms with Crippen molar-refractivity contribution in [3.8, 4) is 5.69 Å². The topological polar surface area (TPSA) is 84.3 Å². The number of hydrogen-bond donors (Lipinski definition) is 1. The van der Waals surface area contributed by atoms with Crippen LogP contribution in [0.2, 0.25) is 0 Å². The van der Waals surface area contributed by atoms with E-state index in [0.29, 0.717) is 29.6 Å². The molecule has 0 aliphatic rings. The Morgan fingerprint density at radius 2 is 1.70 bits per heavy atom. The molecule has 0 atom stereocenters. The number of nitrogens with zero attached hydrogens (tertiary/aromatic N) is 3. The van der Waals surface area contributed by atoms with Gasteiger partial charge in [-0.25, -0.2) is 13.4 Å². The van der Waals surface area contributed by atoms with E-state index in [1.807, 2.05) is 36.6 Å². The molecule has 3 rings (SSSR count). The smallest absolute Gasteiger partial charge is 0.274 e. The van der Waals surface area contributed by atoms with E-state index in [9.17, 15) is 13.2 Å². The highest BCUT2D eigenvalue weighted by atomic mass is 32.2. The first-order valence-corrected chi connectivity index (χ1v) is 12.2. The average Bonchev–Trinajstić information content (AvgIpc) is 3.20. The van der Waals surface area contributed by atoms with Crippen molar-refractivity contribution in [3.63, 3.8) is 0 Å². The van der Waals surface area contributed by atoms with Crippen LogP contribution in [0.5, 0.6) is 0 Å². The van der Waals surface area contributed by atoms with E-state index in [1.165, 1.54) is 34.4 Å². The van der Waals surface area contributed by atoms with Crippen LogP contribution in [0.1, 0.15) is 24.3 Å². The van der Waals surface area contributed by atoms with Gasteiger partial charge in [0.05, 0.1) is 11.1 Å². The van der Waals surface area contributed by atoms with E-state index in [-0.39, 0.29) is 10.8 Å². The quantitative estimate of drug-likeness (QED) is 0.533. The summed E-state index contributed by atoms with van der Waals surface area (Å²) in [5.74, 6) is -0.328. The van der Waals surface area contributed by atoms with E-state index in [4.69, 9.17) is 0 Å². The largest absolute Gasteiger partial charge is 0.321 e. The molecule has 0 spiro atoms. The molecule has 0 radical (unpaired) electrons. The summed E-state index contributed by atoms with van der Waals surface area (Å²) < 4.78 is 28.4. The van der Waals surface area contributed by atoms with Crippen LogP contribution in [0.25, 0.3) is 5.69 Å². The first-order chi connectivity index (χ1) is 14.4. The van der Waals surface area contributed by atoms with Gasteiger partial charge in [-0.05, 0) is 42.7 Å². The zero-order chi connectivity index (χ0) is 21.7. The van der Waals surface area contributed by atoms with E-state index in [1.54, 1.807) is 30.5 Å². The summed E-state index contributed by atoms with van der Waals surface area (Å²) in [6, 6.07) is 15.7. The number of nitrogens with one attached hydrogen (secondary N) is 1. The lowest BCUT2D eigenvalue weighted by molar-refractivity contribution is 0.102. The Bertz CT molecular complexity index is 1110. The number of amides is 1. The minimum absolute atomic E-state index is 0.197. The Hall–Kier alpha value is -2.62. The van der Waals surface area contributed by atoms with Gasteiger partial charge in [-0.1, -0.05) is 43.8 Å². The fourth-order valence-electron chi connectivity index (χ4n) is 3.08. The second-order valence-corrected chi connectivity index (χ2v) is 9.08. The van der Waals surface area contributed by atoms with Crippen molar-refractivity contribution < 1.29 is 13.2 Å². The maximum Gasteiger partial charge on any atom is 0.274 e. The molecule has 0 saturated heterocycles. The molecule has 2 aromatic carbocycles. The number of carbonyl (C=O) groups is 1. The average molecular weight is 445 g/mol. The molecule has 1 heterocycles. The predicted molar refractivity (Wildman–Crippen MR) is 120 cm³/mol. The van der Waals surface area contributed by atoms with Gasteiger partial charge in [0.25, 0.3) is 5.91 Å². The number of para-hydroxylation sites is 1. The number of anilines is 1. The van der Waals surface area contributed by atoms with E-state index in [2.05, 4.69) is 10.3 Å². The summed E-state index contributed by atoms with van der Waals surface area (Å²) >= 11 is 1.45. The molecule has 30 heavy (non-hydrogen) atoms. The number of rotatable bonds is 8. The SMILES string of the molecule is CCN(CC)S(=O)(=O)c1ccc(NC(=O)c2cnc(SC)n2-c2ccccc2)cc1. The zero-order valence-electron chi connectivity index (χ0n) is 17.1. The van der Waals surface area contributed by atoms with Gasteiger partial charge in [-0.15, -0.1) is 0 Å². The van der Waals surface area contributed by atoms with Crippen LogP contribution in [-0.4, -0.2) is 47.5 Å². The Morgan fingerprint density at radius 3 is 2.27 bits per heavy atom. The summed E-state index contributed by atoms with van der Waals surface area (Å²) in [6.45, 7) is 4.40. The third-order valence-corrected chi connectivity index (χ3v) is 7.33. The maximum absolute atomic E-state index is 12.9. The van der Waals surface area contributed by atoms with Gasteiger partial charge in [0, 0.05) is 24.5 Å². The molecular formula is C21H24N4O3S2. The van der Waals surface area contributed by atoms with E-state index < -0.39 is 10.0 Å². The summed E-state index contributed by atoms with van der Waals surface area (Å²) in [5.41, 5.74) is 1.74. The van der Waals surface area contributed by atoms with Crippen LogP contribution in [-0.2, 0) is 10.0 Å². The minimum atomic E-state index is -3.54. The zero-order valence-corrected chi connectivity index (χ0v) is 18.7. The van der Waals surface area contributed by atoms with Crippen LogP contribution in [0.15, 0.2) is 70.8 Å². The van der Waals surface area contributed by atoms with Crippen LogP contribution in [0.4, 0.5) is 5.69 Å². The first-order valence-electron chi connectivity index (χ1n) is 9.51. The number of aromatic nitrogens is 2. The summed E-state index contributed by atoms with van der Waals surface area (Å²) in [7, 11) is -3.54.